The molecule has 0 aromatic carbocycles. The second kappa shape index (κ2) is 7.18. The summed E-state index contributed by atoms with van der Waals surface area (Å²) in [5.41, 5.74) is 2.74. The van der Waals surface area contributed by atoms with E-state index in [-0.39, 0.29) is 0 Å². The maximum absolute atomic E-state index is 4.19. The Hall–Kier alpha value is -1.15. The molecule has 2 nitrogen and oxygen atoms in total. The average Bonchev–Trinajstić information content (AvgIpc) is 2.35. The van der Waals surface area contributed by atoms with Crippen LogP contribution in [0.2, 0.25) is 0 Å². The molecule has 1 rings (SSSR count). The molecule has 0 saturated carbocycles. The lowest BCUT2D eigenvalue weighted by molar-refractivity contribution is 0.526. The number of hydrogen-bond acceptors (Lipinski definition) is 2. The van der Waals surface area contributed by atoms with Crippen molar-refractivity contribution < 1.29 is 0 Å². The first-order valence-corrected chi connectivity index (χ1v) is 6.04. The van der Waals surface area contributed by atoms with Crippen LogP contribution in [0.25, 0.3) is 0 Å². The van der Waals surface area contributed by atoms with Gasteiger partial charge in [0.2, 0.25) is 0 Å². The van der Waals surface area contributed by atoms with E-state index in [1.165, 1.54) is 17.5 Å². The van der Waals surface area contributed by atoms with E-state index in [0.29, 0.717) is 6.04 Å². The van der Waals surface area contributed by atoms with E-state index in [0.717, 1.165) is 19.3 Å². The molecule has 1 aromatic rings. The van der Waals surface area contributed by atoms with Crippen molar-refractivity contribution in [1.29, 1.82) is 0 Å². The maximum Gasteiger partial charge on any atom is 0.0321 e. The van der Waals surface area contributed by atoms with Crippen molar-refractivity contribution >= 4 is 0 Å². The van der Waals surface area contributed by atoms with Crippen LogP contribution in [0.5, 0.6) is 0 Å². The van der Waals surface area contributed by atoms with Crippen LogP contribution >= 0.6 is 0 Å². The molecule has 0 aliphatic rings. The molecule has 1 heterocycles. The van der Waals surface area contributed by atoms with Crippen molar-refractivity contribution in [3.8, 4) is 0 Å². The smallest absolute Gasteiger partial charge is 0.0321 e. The van der Waals surface area contributed by atoms with Gasteiger partial charge < -0.3 is 5.32 Å². The molecule has 0 amide bonds. The van der Waals surface area contributed by atoms with Gasteiger partial charge in [0.05, 0.1) is 0 Å². The zero-order valence-electron chi connectivity index (χ0n) is 10.4. The summed E-state index contributed by atoms with van der Waals surface area (Å²) in [6, 6.07) is 2.58. The van der Waals surface area contributed by atoms with Gasteiger partial charge in [-0.1, -0.05) is 13.0 Å². The van der Waals surface area contributed by atoms with Gasteiger partial charge in [0.1, 0.15) is 0 Å². The molecule has 0 fully saturated rings. The fourth-order valence-electron chi connectivity index (χ4n) is 1.99. The predicted octanol–water partition coefficient (Wildman–Crippen LogP) is 3.26. The Bertz CT molecular complexity index is 320. The third kappa shape index (κ3) is 3.46. The molecule has 0 radical (unpaired) electrons. The molecule has 0 spiro atoms. The molecular formula is C14H22N2. The Balaban J connectivity index is 2.73. The SMILES string of the molecule is C=CCCCC(NC)c1ccncc1CC. The first kappa shape index (κ1) is 12.9. The second-order valence-electron chi connectivity index (χ2n) is 3.99. The van der Waals surface area contributed by atoms with E-state index < -0.39 is 0 Å². The molecule has 1 aromatic heterocycles. The van der Waals surface area contributed by atoms with Gasteiger partial charge in [-0.05, 0) is 49.9 Å². The van der Waals surface area contributed by atoms with Gasteiger partial charge in [-0.15, -0.1) is 6.58 Å². The zero-order chi connectivity index (χ0) is 11.8. The van der Waals surface area contributed by atoms with Crippen molar-refractivity contribution in [2.24, 2.45) is 0 Å². The number of hydrogen-bond donors (Lipinski definition) is 1. The lowest BCUT2D eigenvalue weighted by atomic mass is 9.97. The molecule has 1 atom stereocenters. The summed E-state index contributed by atoms with van der Waals surface area (Å²) in [5, 5.41) is 3.39. The fourth-order valence-corrected chi connectivity index (χ4v) is 1.99. The highest BCUT2D eigenvalue weighted by atomic mass is 14.9. The van der Waals surface area contributed by atoms with Crippen molar-refractivity contribution in [3.05, 3.63) is 42.2 Å². The van der Waals surface area contributed by atoms with Crippen molar-refractivity contribution in [2.45, 2.75) is 38.6 Å². The Morgan fingerprint density at radius 3 is 3.00 bits per heavy atom. The third-order valence-corrected chi connectivity index (χ3v) is 2.95. The second-order valence-corrected chi connectivity index (χ2v) is 3.99. The highest BCUT2D eigenvalue weighted by Gasteiger charge is 2.11. The minimum absolute atomic E-state index is 0.442. The summed E-state index contributed by atoms with van der Waals surface area (Å²) >= 11 is 0. The predicted molar refractivity (Wildman–Crippen MR) is 69.5 cm³/mol. The Kier molecular flexibility index (Phi) is 5.79. The van der Waals surface area contributed by atoms with Crippen LogP contribution in [0.3, 0.4) is 0 Å². The quantitative estimate of drug-likeness (QED) is 0.561. The van der Waals surface area contributed by atoms with Gasteiger partial charge in [-0.2, -0.15) is 0 Å². The maximum atomic E-state index is 4.19. The molecule has 88 valence electrons. The molecule has 0 aliphatic heterocycles. The highest BCUT2D eigenvalue weighted by Crippen LogP contribution is 2.22. The lowest BCUT2D eigenvalue weighted by Gasteiger charge is -2.19. The van der Waals surface area contributed by atoms with Crippen LogP contribution in [-0.2, 0) is 6.42 Å². The van der Waals surface area contributed by atoms with Crippen LogP contribution in [0.15, 0.2) is 31.1 Å². The molecule has 0 bridgehead atoms. The van der Waals surface area contributed by atoms with Crippen LogP contribution < -0.4 is 5.32 Å². The van der Waals surface area contributed by atoms with E-state index in [1.54, 1.807) is 0 Å². The number of nitrogens with one attached hydrogen (secondary N) is 1. The Labute approximate surface area is 98.8 Å². The van der Waals surface area contributed by atoms with Crippen LogP contribution in [-0.4, -0.2) is 12.0 Å². The molecule has 0 saturated heterocycles. The Morgan fingerprint density at radius 2 is 2.38 bits per heavy atom. The monoisotopic (exact) mass is 218 g/mol. The van der Waals surface area contributed by atoms with Crippen LogP contribution in [0.4, 0.5) is 0 Å². The summed E-state index contributed by atoms with van der Waals surface area (Å²) in [6.45, 7) is 5.94. The van der Waals surface area contributed by atoms with E-state index in [9.17, 15) is 0 Å². The normalized spacial score (nSPS) is 12.4. The number of aryl methyl sites for hydroxylation is 1. The summed E-state index contributed by atoms with van der Waals surface area (Å²) < 4.78 is 0. The molecule has 1 unspecified atom stereocenters. The lowest BCUT2D eigenvalue weighted by Crippen LogP contribution is -2.18. The number of pyridine rings is 1. The molecule has 0 aliphatic carbocycles. The van der Waals surface area contributed by atoms with Crippen molar-refractivity contribution in [1.82, 2.24) is 10.3 Å². The fraction of sp³-hybridized carbons (Fsp3) is 0.500. The van der Waals surface area contributed by atoms with Gasteiger partial charge in [0, 0.05) is 18.4 Å². The van der Waals surface area contributed by atoms with E-state index in [2.05, 4.69) is 29.9 Å². The van der Waals surface area contributed by atoms with E-state index in [1.807, 2.05) is 25.5 Å². The largest absolute Gasteiger partial charge is 0.313 e. The van der Waals surface area contributed by atoms with E-state index in [4.69, 9.17) is 0 Å². The first-order valence-electron chi connectivity index (χ1n) is 6.04. The summed E-state index contributed by atoms with van der Waals surface area (Å²) in [7, 11) is 2.03. The van der Waals surface area contributed by atoms with Crippen molar-refractivity contribution in [2.75, 3.05) is 7.05 Å². The summed E-state index contributed by atoms with van der Waals surface area (Å²) in [5.74, 6) is 0. The topological polar surface area (TPSA) is 24.9 Å². The van der Waals surface area contributed by atoms with Crippen LogP contribution in [0, 0.1) is 0 Å². The van der Waals surface area contributed by atoms with E-state index >= 15 is 0 Å². The minimum atomic E-state index is 0.442. The third-order valence-electron chi connectivity index (χ3n) is 2.95. The minimum Gasteiger partial charge on any atom is -0.313 e. The van der Waals surface area contributed by atoms with Gasteiger partial charge in [0.25, 0.3) is 0 Å². The number of nitrogens with zero attached hydrogens (tertiary/aromatic N) is 1. The standard InChI is InChI=1S/C14H22N2/c1-4-6-7-8-14(15-3)13-9-10-16-11-12(13)5-2/h4,9-11,14-15H,1,5-8H2,2-3H3. The highest BCUT2D eigenvalue weighted by molar-refractivity contribution is 5.26. The number of unbranched alkanes of at least 4 members (excludes halogenated alkanes) is 1. The summed E-state index contributed by atoms with van der Waals surface area (Å²) in [4.78, 5) is 4.19. The first-order chi connectivity index (χ1) is 7.83. The van der Waals surface area contributed by atoms with Gasteiger partial charge in [-0.3, -0.25) is 4.98 Å². The molecular weight excluding hydrogens is 196 g/mol. The summed E-state index contributed by atoms with van der Waals surface area (Å²) in [6.07, 6.45) is 10.3. The molecule has 2 heteroatoms. The molecule has 1 N–H and O–H groups in total. The van der Waals surface area contributed by atoms with Gasteiger partial charge >= 0.3 is 0 Å². The number of aromatic nitrogens is 1. The number of rotatable bonds is 7. The number of allylic oxidation sites excluding steroid dienone is 1. The van der Waals surface area contributed by atoms with Gasteiger partial charge in [0.15, 0.2) is 0 Å². The van der Waals surface area contributed by atoms with Crippen molar-refractivity contribution in [3.63, 3.8) is 0 Å². The molecule has 16 heavy (non-hydrogen) atoms. The van der Waals surface area contributed by atoms with Gasteiger partial charge in [-0.25, -0.2) is 0 Å². The van der Waals surface area contributed by atoms with Crippen LogP contribution in [0.1, 0.15) is 43.4 Å². The zero-order valence-corrected chi connectivity index (χ0v) is 10.4. The average molecular weight is 218 g/mol. The Morgan fingerprint density at radius 1 is 1.56 bits per heavy atom.